The summed E-state index contributed by atoms with van der Waals surface area (Å²) in [5.41, 5.74) is -0.569. The van der Waals surface area contributed by atoms with Crippen LogP contribution < -0.4 is 5.46 Å². The van der Waals surface area contributed by atoms with Crippen LogP contribution in [-0.2, 0) is 10.0 Å². The van der Waals surface area contributed by atoms with Crippen LogP contribution in [0.15, 0.2) is 53.6 Å². The van der Waals surface area contributed by atoms with Gasteiger partial charge >= 0.3 is 0 Å². The molecule has 0 aliphatic heterocycles. The molecule has 3 aromatic rings. The lowest BCUT2D eigenvalue weighted by Gasteiger charge is -2.31. The summed E-state index contributed by atoms with van der Waals surface area (Å²) >= 11 is 0. The van der Waals surface area contributed by atoms with Gasteiger partial charge in [-0.3, -0.25) is 0 Å². The van der Waals surface area contributed by atoms with Crippen molar-refractivity contribution in [2.24, 2.45) is 0 Å². The van der Waals surface area contributed by atoms with Crippen LogP contribution in [0.2, 0.25) is 0 Å². The molecule has 0 spiro atoms. The number of aryl methyl sites for hydroxylation is 1. The van der Waals surface area contributed by atoms with E-state index in [2.05, 4.69) is 4.98 Å². The van der Waals surface area contributed by atoms with E-state index in [0.29, 0.717) is 22.2 Å². The standard InChI is InChI=1S/C14H11BN2O2S.C6H14O2/c1-10-9-12-13(15)7-8-16-14(12)17(10)20(18,19)11-5-3-2-4-6-11;1-5(2,7)6(3,4)8/h2-9H,1H3;7-8H,1-4H3. The molecule has 2 aromatic heterocycles. The zero-order valence-electron chi connectivity index (χ0n) is 16.7. The molecule has 0 saturated heterocycles. The van der Waals surface area contributed by atoms with E-state index in [9.17, 15) is 8.42 Å². The molecule has 3 rings (SSSR count). The van der Waals surface area contributed by atoms with Crippen LogP contribution >= 0.6 is 0 Å². The van der Waals surface area contributed by atoms with Crippen molar-refractivity contribution in [1.82, 2.24) is 8.96 Å². The minimum Gasteiger partial charge on any atom is -0.387 e. The molecule has 0 aliphatic carbocycles. The SMILES string of the molecule is CC(C)(O)C(C)(C)O.[B]c1ccnc2c1cc(C)n2S(=O)(=O)c1ccccc1. The number of aliphatic hydroxyl groups is 2. The highest BCUT2D eigenvalue weighted by atomic mass is 32.2. The number of benzene rings is 1. The number of rotatable bonds is 3. The van der Waals surface area contributed by atoms with Crippen LogP contribution in [0.3, 0.4) is 0 Å². The van der Waals surface area contributed by atoms with Crippen molar-refractivity contribution in [2.75, 3.05) is 0 Å². The summed E-state index contributed by atoms with van der Waals surface area (Å²) in [6.45, 7) is 8.03. The van der Waals surface area contributed by atoms with Crippen LogP contribution in [0.1, 0.15) is 33.4 Å². The second kappa shape index (κ2) is 7.70. The summed E-state index contributed by atoms with van der Waals surface area (Å²) in [7, 11) is 2.20. The van der Waals surface area contributed by atoms with Gasteiger partial charge in [-0.25, -0.2) is 17.4 Å². The average Bonchev–Trinajstić information content (AvgIpc) is 2.92. The molecule has 0 fully saturated rings. The van der Waals surface area contributed by atoms with Crippen molar-refractivity contribution < 1.29 is 18.6 Å². The van der Waals surface area contributed by atoms with Crippen LogP contribution in [0.5, 0.6) is 0 Å². The third-order valence-electron chi connectivity index (χ3n) is 4.65. The number of hydrogen-bond donors (Lipinski definition) is 2. The Morgan fingerprint density at radius 2 is 1.54 bits per heavy atom. The van der Waals surface area contributed by atoms with Gasteiger partial charge in [0.15, 0.2) is 5.65 Å². The second-order valence-electron chi connectivity index (χ2n) is 7.62. The molecule has 2 N–H and O–H groups in total. The molecule has 6 nitrogen and oxygen atoms in total. The minimum absolute atomic E-state index is 0.227. The molecule has 0 aliphatic rings. The normalized spacial score (nSPS) is 12.5. The zero-order chi connectivity index (χ0) is 21.3. The van der Waals surface area contributed by atoms with Gasteiger partial charge in [-0.05, 0) is 52.8 Å². The lowest BCUT2D eigenvalue weighted by Crippen LogP contribution is -2.44. The zero-order valence-corrected chi connectivity index (χ0v) is 17.5. The highest BCUT2D eigenvalue weighted by Crippen LogP contribution is 2.22. The van der Waals surface area contributed by atoms with Crippen molar-refractivity contribution in [3.05, 3.63) is 54.4 Å². The summed E-state index contributed by atoms with van der Waals surface area (Å²) in [6.07, 6.45) is 1.51. The fraction of sp³-hybridized carbons (Fsp3) is 0.350. The van der Waals surface area contributed by atoms with E-state index in [0.717, 1.165) is 0 Å². The Kier molecular flexibility index (Phi) is 6.08. The predicted molar refractivity (Wildman–Crippen MR) is 111 cm³/mol. The quantitative estimate of drug-likeness (QED) is 0.656. The van der Waals surface area contributed by atoms with Crippen LogP contribution in [0.25, 0.3) is 11.0 Å². The molecule has 148 valence electrons. The fourth-order valence-corrected chi connectivity index (χ4v) is 3.74. The molecule has 0 amide bonds. The van der Waals surface area contributed by atoms with Gasteiger partial charge in [0.1, 0.15) is 7.85 Å². The van der Waals surface area contributed by atoms with Gasteiger partial charge in [0, 0.05) is 17.3 Å². The van der Waals surface area contributed by atoms with E-state index in [-0.39, 0.29) is 4.90 Å². The molecule has 0 unspecified atom stereocenters. The Morgan fingerprint density at radius 3 is 2.04 bits per heavy atom. The Bertz CT molecular complexity index is 1050. The van der Waals surface area contributed by atoms with E-state index in [1.807, 2.05) is 0 Å². The first-order valence-corrected chi connectivity index (χ1v) is 10.2. The van der Waals surface area contributed by atoms with Gasteiger partial charge in [0.25, 0.3) is 10.0 Å². The first-order valence-electron chi connectivity index (χ1n) is 8.74. The summed E-state index contributed by atoms with van der Waals surface area (Å²) in [4.78, 5) is 4.39. The van der Waals surface area contributed by atoms with Crippen LogP contribution in [0.4, 0.5) is 0 Å². The Morgan fingerprint density at radius 1 is 1.00 bits per heavy atom. The molecular formula is C20H25BN2O4S. The summed E-state index contributed by atoms with van der Waals surface area (Å²) in [6, 6.07) is 11.7. The van der Waals surface area contributed by atoms with Gasteiger partial charge in [0.2, 0.25) is 0 Å². The van der Waals surface area contributed by atoms with Gasteiger partial charge in [-0.2, -0.15) is 0 Å². The number of hydrogen-bond acceptors (Lipinski definition) is 5. The van der Waals surface area contributed by atoms with Crippen molar-refractivity contribution in [3.63, 3.8) is 0 Å². The molecule has 0 atom stereocenters. The summed E-state index contributed by atoms with van der Waals surface area (Å²) < 4.78 is 26.7. The second-order valence-corrected chi connectivity index (χ2v) is 9.41. The highest BCUT2D eigenvalue weighted by Gasteiger charge is 2.32. The van der Waals surface area contributed by atoms with E-state index < -0.39 is 21.2 Å². The molecule has 2 heterocycles. The molecule has 8 heteroatoms. The van der Waals surface area contributed by atoms with Gasteiger partial charge in [-0.1, -0.05) is 29.7 Å². The summed E-state index contributed by atoms with van der Waals surface area (Å²) in [5, 5.41) is 18.9. The first kappa shape index (κ1) is 22.1. The molecule has 0 bridgehead atoms. The Hall–Kier alpha value is -2.16. The first-order chi connectivity index (χ1) is 12.8. The number of fused-ring (bicyclic) bond motifs is 1. The maximum atomic E-state index is 12.7. The Balaban J connectivity index is 0.000000300. The van der Waals surface area contributed by atoms with E-state index in [1.165, 1.54) is 10.2 Å². The topological polar surface area (TPSA) is 92.4 Å². The van der Waals surface area contributed by atoms with Gasteiger partial charge in [0.05, 0.1) is 16.1 Å². The molecule has 28 heavy (non-hydrogen) atoms. The molecule has 2 radical (unpaired) electrons. The number of aromatic nitrogens is 2. The average molecular weight is 400 g/mol. The van der Waals surface area contributed by atoms with E-state index >= 15 is 0 Å². The van der Waals surface area contributed by atoms with Crippen molar-refractivity contribution >= 4 is 34.4 Å². The van der Waals surface area contributed by atoms with Crippen molar-refractivity contribution in [3.8, 4) is 0 Å². The molecule has 0 saturated carbocycles. The lowest BCUT2D eigenvalue weighted by molar-refractivity contribution is -0.107. The monoisotopic (exact) mass is 400 g/mol. The minimum atomic E-state index is -3.67. The van der Waals surface area contributed by atoms with Crippen molar-refractivity contribution in [2.45, 2.75) is 50.7 Å². The van der Waals surface area contributed by atoms with Crippen LogP contribution in [-0.4, -0.2) is 46.6 Å². The highest BCUT2D eigenvalue weighted by molar-refractivity contribution is 7.90. The predicted octanol–water partition coefficient (Wildman–Crippen LogP) is 1.90. The maximum absolute atomic E-state index is 12.7. The molecule has 1 aromatic carbocycles. The van der Waals surface area contributed by atoms with Gasteiger partial charge in [-0.15, -0.1) is 0 Å². The largest absolute Gasteiger partial charge is 0.387 e. The third kappa shape index (κ3) is 4.46. The molecular weight excluding hydrogens is 375 g/mol. The van der Waals surface area contributed by atoms with E-state index in [4.69, 9.17) is 18.1 Å². The Labute approximate surface area is 167 Å². The van der Waals surface area contributed by atoms with Gasteiger partial charge < -0.3 is 10.2 Å². The number of nitrogens with zero attached hydrogens (tertiary/aromatic N) is 2. The lowest BCUT2D eigenvalue weighted by atomic mass is 9.90. The summed E-state index contributed by atoms with van der Waals surface area (Å²) in [5.74, 6) is 0. The van der Waals surface area contributed by atoms with Crippen molar-refractivity contribution in [1.29, 1.82) is 0 Å². The van der Waals surface area contributed by atoms with E-state index in [1.54, 1.807) is 77.1 Å². The third-order valence-corrected chi connectivity index (χ3v) is 6.46. The van der Waals surface area contributed by atoms with Crippen LogP contribution in [0, 0.1) is 6.92 Å². The fourth-order valence-electron chi connectivity index (χ4n) is 2.22. The number of pyridine rings is 1. The smallest absolute Gasteiger partial charge is 0.269 e. The maximum Gasteiger partial charge on any atom is 0.269 e.